The topological polar surface area (TPSA) is 40.6 Å². The molecule has 0 N–H and O–H groups in total. The SMILES string of the molecule is CN1C(Cc2ccccc2)N(S(=O)(=O)C2C=CC=CC=C2)CC1(C)C. The van der Waals surface area contributed by atoms with Gasteiger partial charge in [0, 0.05) is 18.5 Å². The first-order chi connectivity index (χ1) is 11.8. The fraction of sp³-hybridized carbons (Fsp3) is 0.400. The molecule has 25 heavy (non-hydrogen) atoms. The monoisotopic (exact) mass is 358 g/mol. The van der Waals surface area contributed by atoms with Gasteiger partial charge in [0.15, 0.2) is 0 Å². The van der Waals surface area contributed by atoms with E-state index in [1.54, 1.807) is 28.6 Å². The Hall–Kier alpha value is -1.69. The molecule has 1 atom stereocenters. The Morgan fingerprint density at radius 2 is 1.64 bits per heavy atom. The van der Waals surface area contributed by atoms with Crippen LogP contribution in [0, 0.1) is 0 Å². The average Bonchev–Trinajstić information content (AvgIpc) is 2.80. The third kappa shape index (κ3) is 3.64. The van der Waals surface area contributed by atoms with Gasteiger partial charge in [0.1, 0.15) is 5.25 Å². The van der Waals surface area contributed by atoms with Crippen LogP contribution >= 0.6 is 0 Å². The number of hydrogen-bond acceptors (Lipinski definition) is 3. The van der Waals surface area contributed by atoms with Gasteiger partial charge in [-0.2, -0.15) is 4.31 Å². The van der Waals surface area contributed by atoms with Crippen molar-refractivity contribution < 1.29 is 8.42 Å². The lowest BCUT2D eigenvalue weighted by molar-refractivity contribution is 0.155. The van der Waals surface area contributed by atoms with Gasteiger partial charge in [0.05, 0.1) is 6.17 Å². The van der Waals surface area contributed by atoms with Crippen LogP contribution in [-0.2, 0) is 16.4 Å². The van der Waals surface area contributed by atoms with E-state index in [0.717, 1.165) is 5.56 Å². The summed E-state index contributed by atoms with van der Waals surface area (Å²) < 4.78 is 28.4. The summed E-state index contributed by atoms with van der Waals surface area (Å²) >= 11 is 0. The average molecular weight is 359 g/mol. The van der Waals surface area contributed by atoms with Gasteiger partial charge in [-0.15, -0.1) is 0 Å². The van der Waals surface area contributed by atoms with Crippen molar-refractivity contribution in [1.29, 1.82) is 0 Å². The maximum absolute atomic E-state index is 13.3. The summed E-state index contributed by atoms with van der Waals surface area (Å²) in [5.74, 6) is 0. The van der Waals surface area contributed by atoms with E-state index in [9.17, 15) is 8.42 Å². The Morgan fingerprint density at radius 1 is 1.04 bits per heavy atom. The second-order valence-electron chi connectivity index (χ2n) is 7.30. The minimum Gasteiger partial charge on any atom is -0.283 e. The van der Waals surface area contributed by atoms with Gasteiger partial charge < -0.3 is 0 Å². The van der Waals surface area contributed by atoms with E-state index in [1.807, 2.05) is 37.4 Å². The van der Waals surface area contributed by atoms with E-state index >= 15 is 0 Å². The molecule has 1 unspecified atom stereocenters. The van der Waals surface area contributed by atoms with Gasteiger partial charge in [-0.25, -0.2) is 8.42 Å². The van der Waals surface area contributed by atoms with Crippen molar-refractivity contribution >= 4 is 10.0 Å². The summed E-state index contributed by atoms with van der Waals surface area (Å²) in [4.78, 5) is 2.18. The molecular formula is C20H26N2O2S. The third-order valence-corrected chi connectivity index (χ3v) is 7.17. The molecule has 2 aliphatic rings. The molecule has 4 nitrogen and oxygen atoms in total. The highest BCUT2D eigenvalue weighted by atomic mass is 32.2. The minimum absolute atomic E-state index is 0.180. The van der Waals surface area contributed by atoms with E-state index in [1.165, 1.54) is 0 Å². The Bertz CT molecular complexity index is 778. The molecule has 0 bridgehead atoms. The largest absolute Gasteiger partial charge is 0.283 e. The number of allylic oxidation sites excluding steroid dienone is 4. The van der Waals surface area contributed by atoms with E-state index in [2.05, 4.69) is 30.9 Å². The number of benzene rings is 1. The van der Waals surface area contributed by atoms with Crippen LogP contribution in [0.15, 0.2) is 66.8 Å². The maximum atomic E-state index is 13.3. The second-order valence-corrected chi connectivity index (χ2v) is 9.35. The number of likely N-dealkylation sites (N-methyl/N-ethyl adjacent to an activating group) is 1. The fourth-order valence-corrected chi connectivity index (χ4v) is 5.36. The van der Waals surface area contributed by atoms with E-state index in [-0.39, 0.29) is 11.7 Å². The van der Waals surface area contributed by atoms with E-state index in [0.29, 0.717) is 13.0 Å². The first-order valence-electron chi connectivity index (χ1n) is 8.61. The zero-order valence-electron chi connectivity index (χ0n) is 15.0. The molecule has 0 aromatic heterocycles. The molecule has 0 radical (unpaired) electrons. The van der Waals surface area contributed by atoms with Crippen LogP contribution in [0.3, 0.4) is 0 Å². The van der Waals surface area contributed by atoms with Gasteiger partial charge in [0.25, 0.3) is 0 Å². The predicted molar refractivity (Wildman–Crippen MR) is 103 cm³/mol. The highest BCUT2D eigenvalue weighted by Gasteiger charge is 2.48. The number of hydrogen-bond donors (Lipinski definition) is 0. The standard InChI is InChI=1S/C20H26N2O2S/c1-20(2)16-22(25(23,24)18-13-9-4-5-10-14-18)19(21(20)3)15-17-11-7-6-8-12-17/h4-14,18-19H,15-16H2,1-3H3. The number of nitrogens with zero attached hydrogens (tertiary/aromatic N) is 2. The zero-order chi connectivity index (χ0) is 18.1. The van der Waals surface area contributed by atoms with Crippen molar-refractivity contribution in [2.24, 2.45) is 0 Å². The van der Waals surface area contributed by atoms with Gasteiger partial charge >= 0.3 is 0 Å². The highest BCUT2D eigenvalue weighted by molar-refractivity contribution is 7.90. The lowest BCUT2D eigenvalue weighted by atomic mass is 10.1. The smallest absolute Gasteiger partial charge is 0.225 e. The minimum atomic E-state index is -3.48. The van der Waals surface area contributed by atoms with Gasteiger partial charge in [-0.1, -0.05) is 66.8 Å². The summed E-state index contributed by atoms with van der Waals surface area (Å²) in [6.07, 6.45) is 11.3. The van der Waals surface area contributed by atoms with Crippen LogP contribution in [0.5, 0.6) is 0 Å². The van der Waals surface area contributed by atoms with Crippen LogP contribution in [0.1, 0.15) is 19.4 Å². The van der Waals surface area contributed by atoms with Crippen molar-refractivity contribution in [2.45, 2.75) is 37.2 Å². The van der Waals surface area contributed by atoms with Crippen molar-refractivity contribution in [3.05, 3.63) is 72.4 Å². The van der Waals surface area contributed by atoms with Crippen LogP contribution in [0.2, 0.25) is 0 Å². The van der Waals surface area contributed by atoms with Gasteiger partial charge in [-0.3, -0.25) is 4.90 Å². The number of rotatable bonds is 4. The van der Waals surface area contributed by atoms with E-state index < -0.39 is 15.3 Å². The molecule has 1 aliphatic heterocycles. The molecule has 1 aromatic rings. The summed E-state index contributed by atoms with van der Waals surface area (Å²) in [5, 5.41) is -0.622. The van der Waals surface area contributed by atoms with Crippen molar-refractivity contribution in [3.8, 4) is 0 Å². The quantitative estimate of drug-likeness (QED) is 0.831. The lowest BCUT2D eigenvalue weighted by Gasteiger charge is -2.32. The number of sulfonamides is 1. The van der Waals surface area contributed by atoms with Gasteiger partial charge in [0.2, 0.25) is 10.0 Å². The highest BCUT2D eigenvalue weighted by Crippen LogP contribution is 2.33. The molecule has 0 saturated carbocycles. The third-order valence-electron chi connectivity index (χ3n) is 5.14. The van der Waals surface area contributed by atoms with Crippen LogP contribution < -0.4 is 0 Å². The van der Waals surface area contributed by atoms with Gasteiger partial charge in [-0.05, 0) is 26.5 Å². The molecule has 3 rings (SSSR count). The summed E-state index contributed by atoms with van der Waals surface area (Å²) in [5.41, 5.74) is 0.939. The first kappa shape index (κ1) is 18.1. The molecule has 1 heterocycles. The molecule has 1 fully saturated rings. The molecule has 0 spiro atoms. The molecule has 0 amide bonds. The Labute approximate surface area is 151 Å². The van der Waals surface area contributed by atoms with Crippen molar-refractivity contribution in [2.75, 3.05) is 13.6 Å². The van der Waals surface area contributed by atoms with E-state index in [4.69, 9.17) is 0 Å². The molecule has 1 aliphatic carbocycles. The van der Waals surface area contributed by atoms with Crippen LogP contribution in [0.4, 0.5) is 0 Å². The normalized spacial score (nSPS) is 24.7. The Kier molecular flexibility index (Phi) is 5.00. The molecule has 1 aromatic carbocycles. The predicted octanol–water partition coefficient (Wildman–Crippen LogP) is 2.96. The fourth-order valence-electron chi connectivity index (χ4n) is 3.41. The second kappa shape index (κ2) is 6.90. The van der Waals surface area contributed by atoms with Crippen LogP contribution in [-0.4, -0.2) is 48.2 Å². The first-order valence-corrected chi connectivity index (χ1v) is 10.1. The summed E-state index contributed by atoms with van der Waals surface area (Å²) in [7, 11) is -1.46. The Balaban J connectivity index is 1.94. The van der Waals surface area contributed by atoms with Crippen LogP contribution in [0.25, 0.3) is 0 Å². The molecule has 134 valence electrons. The summed E-state index contributed by atoms with van der Waals surface area (Å²) in [6.45, 7) is 4.69. The summed E-state index contributed by atoms with van der Waals surface area (Å²) in [6, 6.07) is 10.1. The lowest BCUT2D eigenvalue weighted by Crippen LogP contribution is -2.46. The zero-order valence-corrected chi connectivity index (χ0v) is 15.9. The Morgan fingerprint density at radius 3 is 2.24 bits per heavy atom. The molecular weight excluding hydrogens is 332 g/mol. The maximum Gasteiger partial charge on any atom is 0.225 e. The van der Waals surface area contributed by atoms with Crippen molar-refractivity contribution in [1.82, 2.24) is 9.21 Å². The van der Waals surface area contributed by atoms with Crippen molar-refractivity contribution in [3.63, 3.8) is 0 Å². The molecule has 5 heteroatoms. The molecule has 1 saturated heterocycles.